The molecule has 39 heavy (non-hydrogen) atoms. The van der Waals surface area contributed by atoms with Gasteiger partial charge in [0.1, 0.15) is 34.3 Å². The molecule has 1 atom stereocenters. The Morgan fingerprint density at radius 3 is 2.59 bits per heavy atom. The van der Waals surface area contributed by atoms with Crippen LogP contribution in [0.5, 0.6) is 5.75 Å². The second-order valence-electron chi connectivity index (χ2n) is 8.51. The number of aromatic nitrogens is 2. The number of benzene rings is 2. The van der Waals surface area contributed by atoms with Crippen LogP contribution in [-0.2, 0) is 12.2 Å². The van der Waals surface area contributed by atoms with Crippen molar-refractivity contribution < 1.29 is 14.9 Å². The fraction of sp³-hybridized carbons (Fsp3) is 0.214. The number of aryl methyl sites for hydroxylation is 1. The molecule has 2 aromatic heterocycles. The number of nitrogens with two attached hydrogens (primary N) is 1. The SMILES string of the molecule is COc1cccc(Nc2nc(CSc3nc(N)c(C#N)c(-c4ccc(CCC(O)CO)cc4)c3C#N)cs2)c1. The number of nitrogens with one attached hydrogen (secondary N) is 1. The van der Waals surface area contributed by atoms with Gasteiger partial charge in [0.2, 0.25) is 0 Å². The van der Waals surface area contributed by atoms with Crippen molar-refractivity contribution in [3.8, 4) is 29.0 Å². The molecule has 0 aliphatic carbocycles. The lowest BCUT2D eigenvalue weighted by Gasteiger charge is -2.13. The largest absolute Gasteiger partial charge is 0.497 e. The molecule has 0 radical (unpaired) electrons. The Bertz CT molecular complexity index is 1530. The van der Waals surface area contributed by atoms with Gasteiger partial charge in [0.05, 0.1) is 31.1 Å². The van der Waals surface area contributed by atoms with E-state index in [4.69, 9.17) is 15.6 Å². The number of nitrogen functional groups attached to an aromatic ring is 1. The summed E-state index contributed by atoms with van der Waals surface area (Å²) in [6, 6.07) is 19.3. The van der Waals surface area contributed by atoms with Crippen LogP contribution in [0.4, 0.5) is 16.6 Å². The predicted molar refractivity (Wildman–Crippen MR) is 153 cm³/mol. The zero-order chi connectivity index (χ0) is 27.8. The first-order valence-corrected chi connectivity index (χ1v) is 13.8. The molecule has 2 aromatic carbocycles. The lowest BCUT2D eigenvalue weighted by Crippen LogP contribution is -2.12. The Kier molecular flexibility index (Phi) is 9.36. The number of hydrogen-bond acceptors (Lipinski definition) is 11. The summed E-state index contributed by atoms with van der Waals surface area (Å²) in [5.74, 6) is 1.25. The van der Waals surface area contributed by atoms with E-state index in [-0.39, 0.29) is 23.6 Å². The van der Waals surface area contributed by atoms with Crippen molar-refractivity contribution in [2.45, 2.75) is 29.7 Å². The highest BCUT2D eigenvalue weighted by molar-refractivity contribution is 7.98. The molecule has 0 spiro atoms. The lowest BCUT2D eigenvalue weighted by atomic mass is 9.95. The van der Waals surface area contributed by atoms with Crippen LogP contribution in [0.1, 0.15) is 28.8 Å². The summed E-state index contributed by atoms with van der Waals surface area (Å²) in [5, 5.41) is 44.9. The molecule has 0 aliphatic rings. The molecule has 2 heterocycles. The smallest absolute Gasteiger partial charge is 0.187 e. The van der Waals surface area contributed by atoms with E-state index in [0.29, 0.717) is 34.7 Å². The minimum atomic E-state index is -0.772. The molecule has 11 heteroatoms. The van der Waals surface area contributed by atoms with E-state index >= 15 is 0 Å². The zero-order valence-electron chi connectivity index (χ0n) is 21.1. The van der Waals surface area contributed by atoms with E-state index < -0.39 is 6.10 Å². The molecule has 0 saturated carbocycles. The van der Waals surface area contributed by atoms with Crippen molar-refractivity contribution in [2.75, 3.05) is 24.8 Å². The molecule has 0 aliphatic heterocycles. The fourth-order valence-corrected chi connectivity index (χ4v) is 5.57. The van der Waals surface area contributed by atoms with Crippen LogP contribution in [0, 0.1) is 22.7 Å². The molecule has 5 N–H and O–H groups in total. The number of aliphatic hydroxyl groups excluding tert-OH is 2. The van der Waals surface area contributed by atoms with E-state index in [9.17, 15) is 15.6 Å². The summed E-state index contributed by atoms with van der Waals surface area (Å²) in [7, 11) is 1.62. The summed E-state index contributed by atoms with van der Waals surface area (Å²) in [4.78, 5) is 9.01. The van der Waals surface area contributed by atoms with Gasteiger partial charge in [0.25, 0.3) is 0 Å². The molecular formula is C28H26N6O3S2. The first kappa shape index (κ1) is 27.9. The molecule has 0 fully saturated rings. The van der Waals surface area contributed by atoms with E-state index in [2.05, 4.69) is 27.4 Å². The average molecular weight is 559 g/mol. The maximum atomic E-state index is 10.1. The second kappa shape index (κ2) is 13.1. The van der Waals surface area contributed by atoms with Crippen LogP contribution < -0.4 is 15.8 Å². The van der Waals surface area contributed by atoms with E-state index in [1.807, 2.05) is 53.9 Å². The Morgan fingerprint density at radius 2 is 1.90 bits per heavy atom. The second-order valence-corrected chi connectivity index (χ2v) is 10.3. The average Bonchev–Trinajstić information content (AvgIpc) is 3.41. The van der Waals surface area contributed by atoms with E-state index in [0.717, 1.165) is 27.8 Å². The number of nitrogens with zero attached hydrogens (tertiary/aromatic N) is 4. The quantitative estimate of drug-likeness (QED) is 0.187. The summed E-state index contributed by atoms with van der Waals surface area (Å²) < 4.78 is 5.26. The first-order valence-electron chi connectivity index (χ1n) is 12.0. The molecule has 4 rings (SSSR count). The summed E-state index contributed by atoms with van der Waals surface area (Å²) in [6.07, 6.45) is 0.241. The minimum Gasteiger partial charge on any atom is -0.497 e. The molecule has 0 amide bonds. The number of ether oxygens (including phenoxy) is 1. The van der Waals surface area contributed by atoms with Gasteiger partial charge in [-0.05, 0) is 36.1 Å². The first-order chi connectivity index (χ1) is 18.9. The molecular weight excluding hydrogens is 532 g/mol. The lowest BCUT2D eigenvalue weighted by molar-refractivity contribution is 0.0886. The van der Waals surface area contributed by atoms with Crippen molar-refractivity contribution in [2.24, 2.45) is 0 Å². The van der Waals surface area contributed by atoms with Gasteiger partial charge in [-0.1, -0.05) is 42.1 Å². The van der Waals surface area contributed by atoms with Crippen LogP contribution in [-0.4, -0.2) is 40.0 Å². The number of thioether (sulfide) groups is 1. The van der Waals surface area contributed by atoms with Gasteiger partial charge in [-0.2, -0.15) is 10.5 Å². The zero-order valence-corrected chi connectivity index (χ0v) is 22.7. The van der Waals surface area contributed by atoms with Gasteiger partial charge >= 0.3 is 0 Å². The molecule has 198 valence electrons. The molecule has 1 unspecified atom stereocenters. The van der Waals surface area contributed by atoms with Crippen molar-refractivity contribution in [1.82, 2.24) is 9.97 Å². The highest BCUT2D eigenvalue weighted by Gasteiger charge is 2.21. The fourth-order valence-electron chi connectivity index (χ4n) is 3.85. The summed E-state index contributed by atoms with van der Waals surface area (Å²) in [6.45, 7) is -0.285. The van der Waals surface area contributed by atoms with E-state index in [1.54, 1.807) is 7.11 Å². The number of rotatable bonds is 11. The Labute approximate surface area is 234 Å². The standard InChI is InChI=1S/C28H26N6O3S2/c1-37-22-4-2-3-19(11-22)32-28-33-20(16-39-28)15-38-27-24(13-30)25(23(12-29)26(31)34-27)18-8-5-17(6-9-18)7-10-21(36)14-35/h2-6,8-9,11,16,21,35-36H,7,10,14-15H2,1H3,(H2,31,34)(H,32,33). The molecule has 0 saturated heterocycles. The molecule has 4 aromatic rings. The third kappa shape index (κ3) is 6.85. The monoisotopic (exact) mass is 558 g/mol. The van der Waals surface area contributed by atoms with Gasteiger partial charge in [-0.3, -0.25) is 0 Å². The van der Waals surface area contributed by atoms with Gasteiger partial charge in [-0.25, -0.2) is 9.97 Å². The highest BCUT2D eigenvalue weighted by atomic mass is 32.2. The molecule has 9 nitrogen and oxygen atoms in total. The Morgan fingerprint density at radius 1 is 1.13 bits per heavy atom. The predicted octanol–water partition coefficient (Wildman–Crippen LogP) is 4.86. The van der Waals surface area contributed by atoms with Gasteiger partial charge in [-0.15, -0.1) is 11.3 Å². The van der Waals surface area contributed by atoms with Crippen LogP contribution in [0.2, 0.25) is 0 Å². The third-order valence-corrected chi connectivity index (χ3v) is 7.68. The number of thiazole rings is 1. The molecule has 0 bridgehead atoms. The van der Waals surface area contributed by atoms with E-state index in [1.165, 1.54) is 23.1 Å². The highest BCUT2D eigenvalue weighted by Crippen LogP contribution is 2.37. The van der Waals surface area contributed by atoms with Crippen LogP contribution in [0.3, 0.4) is 0 Å². The van der Waals surface area contributed by atoms with Gasteiger partial charge in [0.15, 0.2) is 5.13 Å². The number of methoxy groups -OCH3 is 1. The Balaban J connectivity index is 1.55. The topological polar surface area (TPSA) is 161 Å². The van der Waals surface area contributed by atoms with Crippen molar-refractivity contribution >= 4 is 39.7 Å². The number of nitriles is 2. The van der Waals surface area contributed by atoms with Crippen molar-refractivity contribution in [3.05, 3.63) is 76.3 Å². The van der Waals surface area contributed by atoms with Crippen LogP contribution >= 0.6 is 23.1 Å². The number of pyridine rings is 1. The summed E-state index contributed by atoms with van der Waals surface area (Å²) in [5.41, 5.74) is 10.3. The van der Waals surface area contributed by atoms with Crippen LogP contribution in [0.25, 0.3) is 11.1 Å². The normalized spacial score (nSPS) is 11.4. The van der Waals surface area contributed by atoms with Gasteiger partial charge < -0.3 is 26.0 Å². The third-order valence-electron chi connectivity index (χ3n) is 5.86. The number of aliphatic hydroxyl groups is 2. The Hall–Kier alpha value is -4.13. The van der Waals surface area contributed by atoms with Crippen LogP contribution in [0.15, 0.2) is 58.9 Å². The maximum absolute atomic E-state index is 10.1. The maximum Gasteiger partial charge on any atom is 0.187 e. The van der Waals surface area contributed by atoms with Crippen molar-refractivity contribution in [3.63, 3.8) is 0 Å². The number of anilines is 3. The minimum absolute atomic E-state index is 0.0582. The van der Waals surface area contributed by atoms with Gasteiger partial charge in [0, 0.05) is 28.5 Å². The van der Waals surface area contributed by atoms with Crippen molar-refractivity contribution in [1.29, 1.82) is 10.5 Å². The summed E-state index contributed by atoms with van der Waals surface area (Å²) >= 11 is 2.79. The number of hydrogen-bond donors (Lipinski definition) is 4.